The monoisotopic (exact) mass is 207 g/mol. The molecule has 2 heterocycles. The van der Waals surface area contributed by atoms with Gasteiger partial charge in [-0.3, -0.25) is 0 Å². The summed E-state index contributed by atoms with van der Waals surface area (Å²) in [5, 5.41) is 7.29. The number of hydrogen-bond donors (Lipinski definition) is 1. The summed E-state index contributed by atoms with van der Waals surface area (Å²) in [5.74, 6) is 2.29. The van der Waals surface area contributed by atoms with E-state index in [1.165, 1.54) is 0 Å². The van der Waals surface area contributed by atoms with Crippen LogP contribution in [0.3, 0.4) is 0 Å². The maximum Gasteiger partial charge on any atom is 0.254 e. The predicted octanol–water partition coefficient (Wildman–Crippen LogP) is 1.82. The lowest BCUT2D eigenvalue weighted by Gasteiger charge is -2.16. The van der Waals surface area contributed by atoms with Crippen LogP contribution in [-0.2, 0) is 0 Å². The van der Waals surface area contributed by atoms with Gasteiger partial charge in [0.2, 0.25) is 0 Å². The third-order valence-corrected chi connectivity index (χ3v) is 2.50. The molecule has 1 aliphatic rings. The molecular formula is C11H17N3O. The fraction of sp³-hybridized carbons (Fsp3) is 0.636. The van der Waals surface area contributed by atoms with E-state index in [0.29, 0.717) is 17.7 Å². The molecule has 4 nitrogen and oxygen atoms in total. The lowest BCUT2D eigenvalue weighted by molar-refractivity contribution is 0.395. The quantitative estimate of drug-likeness (QED) is 0.803. The average molecular weight is 207 g/mol. The van der Waals surface area contributed by atoms with Crippen molar-refractivity contribution < 1.29 is 4.52 Å². The first-order valence-electron chi connectivity index (χ1n) is 5.42. The second kappa shape index (κ2) is 4.14. The van der Waals surface area contributed by atoms with Gasteiger partial charge in [0, 0.05) is 24.6 Å². The smallest absolute Gasteiger partial charge is 0.254 e. The van der Waals surface area contributed by atoms with Gasteiger partial charge in [0.25, 0.3) is 5.89 Å². The third-order valence-electron chi connectivity index (χ3n) is 2.50. The molecule has 1 atom stereocenters. The minimum Gasteiger partial charge on any atom is -0.334 e. The van der Waals surface area contributed by atoms with E-state index in [9.17, 15) is 0 Å². The first-order valence-corrected chi connectivity index (χ1v) is 5.42. The number of hydrogen-bond acceptors (Lipinski definition) is 4. The Morgan fingerprint density at radius 1 is 1.53 bits per heavy atom. The second-order valence-electron chi connectivity index (χ2n) is 4.41. The highest BCUT2D eigenvalue weighted by Crippen LogP contribution is 2.19. The van der Waals surface area contributed by atoms with Crippen molar-refractivity contribution in [1.29, 1.82) is 0 Å². The zero-order valence-electron chi connectivity index (χ0n) is 9.45. The van der Waals surface area contributed by atoms with Crippen molar-refractivity contribution >= 4 is 5.57 Å². The molecule has 0 amide bonds. The van der Waals surface area contributed by atoms with Gasteiger partial charge in [0.1, 0.15) is 0 Å². The Kier molecular flexibility index (Phi) is 2.86. The van der Waals surface area contributed by atoms with Crippen LogP contribution in [0.4, 0.5) is 0 Å². The number of aromatic nitrogens is 2. The van der Waals surface area contributed by atoms with Gasteiger partial charge in [-0.25, -0.2) is 0 Å². The van der Waals surface area contributed by atoms with E-state index in [1.807, 2.05) is 0 Å². The second-order valence-corrected chi connectivity index (χ2v) is 4.41. The molecule has 82 valence electrons. The zero-order chi connectivity index (χ0) is 10.8. The molecular weight excluding hydrogens is 190 g/mol. The van der Waals surface area contributed by atoms with Gasteiger partial charge in [-0.1, -0.05) is 32.0 Å². The van der Waals surface area contributed by atoms with Crippen molar-refractivity contribution in [3.05, 3.63) is 17.8 Å². The Morgan fingerprint density at radius 3 is 2.93 bits per heavy atom. The van der Waals surface area contributed by atoms with Crippen molar-refractivity contribution in [2.45, 2.75) is 26.7 Å². The Bertz CT molecular complexity index is 368. The van der Waals surface area contributed by atoms with Gasteiger partial charge >= 0.3 is 0 Å². The highest BCUT2D eigenvalue weighted by atomic mass is 16.5. The molecule has 0 saturated heterocycles. The third kappa shape index (κ3) is 2.26. The van der Waals surface area contributed by atoms with E-state index in [2.05, 4.69) is 42.3 Å². The first-order chi connectivity index (χ1) is 7.16. The zero-order valence-corrected chi connectivity index (χ0v) is 9.45. The van der Waals surface area contributed by atoms with Crippen molar-refractivity contribution in [3.8, 4) is 0 Å². The number of rotatable bonds is 2. The molecule has 4 heteroatoms. The fourth-order valence-corrected chi connectivity index (χ4v) is 1.64. The number of nitrogens with zero attached hydrogens (tertiary/aromatic N) is 2. The Hall–Kier alpha value is -1.16. The lowest BCUT2D eigenvalue weighted by Crippen LogP contribution is -2.27. The summed E-state index contributed by atoms with van der Waals surface area (Å²) in [6.45, 7) is 8.14. The average Bonchev–Trinajstić information content (AvgIpc) is 2.66. The molecule has 0 aliphatic carbocycles. The Morgan fingerprint density at radius 2 is 2.33 bits per heavy atom. The van der Waals surface area contributed by atoms with E-state index >= 15 is 0 Å². The van der Waals surface area contributed by atoms with Crippen LogP contribution in [0.2, 0.25) is 0 Å². The molecule has 1 unspecified atom stereocenters. The molecule has 1 N–H and O–H groups in total. The van der Waals surface area contributed by atoms with Crippen molar-refractivity contribution in [1.82, 2.24) is 15.5 Å². The SMILES string of the molecule is CC1C=C(c2nc(C(C)C)no2)CNC1. The van der Waals surface area contributed by atoms with Gasteiger partial charge in [0.05, 0.1) is 0 Å². The summed E-state index contributed by atoms with van der Waals surface area (Å²) in [7, 11) is 0. The first kappa shape index (κ1) is 10.4. The van der Waals surface area contributed by atoms with Gasteiger partial charge < -0.3 is 9.84 Å². The molecule has 0 fully saturated rings. The molecule has 2 rings (SSSR count). The minimum atomic E-state index is 0.317. The molecule has 1 aliphatic heterocycles. The molecule has 0 saturated carbocycles. The van der Waals surface area contributed by atoms with Crippen LogP contribution in [0.1, 0.15) is 38.4 Å². The summed E-state index contributed by atoms with van der Waals surface area (Å²) in [6.07, 6.45) is 2.20. The summed E-state index contributed by atoms with van der Waals surface area (Å²) in [4.78, 5) is 4.38. The number of nitrogens with one attached hydrogen (secondary N) is 1. The van der Waals surface area contributed by atoms with Crippen LogP contribution in [-0.4, -0.2) is 23.2 Å². The molecule has 0 aromatic carbocycles. The topological polar surface area (TPSA) is 51.0 Å². The van der Waals surface area contributed by atoms with Gasteiger partial charge in [0.15, 0.2) is 5.82 Å². The van der Waals surface area contributed by atoms with Crippen molar-refractivity contribution in [2.75, 3.05) is 13.1 Å². The summed E-state index contributed by atoms with van der Waals surface area (Å²) in [6, 6.07) is 0. The molecule has 1 aromatic heterocycles. The summed E-state index contributed by atoms with van der Waals surface area (Å²) < 4.78 is 5.24. The summed E-state index contributed by atoms with van der Waals surface area (Å²) in [5.41, 5.74) is 1.12. The van der Waals surface area contributed by atoms with Crippen LogP contribution in [0, 0.1) is 5.92 Å². The maximum atomic E-state index is 5.24. The van der Waals surface area contributed by atoms with Gasteiger partial charge in [-0.15, -0.1) is 0 Å². The van der Waals surface area contributed by atoms with E-state index in [1.54, 1.807) is 0 Å². The fourth-order valence-electron chi connectivity index (χ4n) is 1.64. The van der Waals surface area contributed by atoms with Crippen LogP contribution in [0.15, 0.2) is 10.6 Å². The highest BCUT2D eigenvalue weighted by molar-refractivity contribution is 5.61. The molecule has 0 radical (unpaired) electrons. The van der Waals surface area contributed by atoms with Crippen molar-refractivity contribution in [3.63, 3.8) is 0 Å². The molecule has 0 spiro atoms. The minimum absolute atomic E-state index is 0.317. The maximum absolute atomic E-state index is 5.24. The van der Waals surface area contributed by atoms with Crippen molar-refractivity contribution in [2.24, 2.45) is 5.92 Å². The normalized spacial score (nSPS) is 21.9. The molecule has 1 aromatic rings. The predicted molar refractivity (Wildman–Crippen MR) is 58.4 cm³/mol. The van der Waals surface area contributed by atoms with Crippen LogP contribution < -0.4 is 5.32 Å². The van der Waals surface area contributed by atoms with Crippen LogP contribution in [0.25, 0.3) is 5.57 Å². The highest BCUT2D eigenvalue weighted by Gasteiger charge is 2.17. The molecule has 0 bridgehead atoms. The van der Waals surface area contributed by atoms with Crippen LogP contribution >= 0.6 is 0 Å². The molecule has 15 heavy (non-hydrogen) atoms. The van der Waals surface area contributed by atoms with E-state index in [-0.39, 0.29) is 0 Å². The van der Waals surface area contributed by atoms with E-state index in [0.717, 1.165) is 24.5 Å². The van der Waals surface area contributed by atoms with E-state index in [4.69, 9.17) is 4.52 Å². The van der Waals surface area contributed by atoms with Crippen LogP contribution in [0.5, 0.6) is 0 Å². The van der Waals surface area contributed by atoms with E-state index < -0.39 is 0 Å². The van der Waals surface area contributed by atoms with Gasteiger partial charge in [-0.2, -0.15) is 4.98 Å². The Balaban J connectivity index is 2.22. The van der Waals surface area contributed by atoms with Gasteiger partial charge in [-0.05, 0) is 5.92 Å². The standard InChI is InChI=1S/C11H17N3O/c1-7(2)10-13-11(15-14-10)9-4-8(3)5-12-6-9/h4,7-8,12H,5-6H2,1-3H3. The largest absolute Gasteiger partial charge is 0.334 e. The Labute approximate surface area is 89.8 Å². The lowest BCUT2D eigenvalue weighted by atomic mass is 10.0. The summed E-state index contributed by atoms with van der Waals surface area (Å²) >= 11 is 0.